The van der Waals surface area contributed by atoms with Crippen LogP contribution in [0, 0.1) is 5.82 Å². The molecule has 5 heteroatoms. The third kappa shape index (κ3) is 3.83. The molecular formula is C22H25FN2O2. The summed E-state index contributed by atoms with van der Waals surface area (Å²) < 4.78 is 20.1. The van der Waals surface area contributed by atoms with Gasteiger partial charge in [-0.2, -0.15) is 0 Å². The van der Waals surface area contributed by atoms with E-state index in [1.54, 1.807) is 6.07 Å². The van der Waals surface area contributed by atoms with Crippen molar-refractivity contribution in [3.63, 3.8) is 0 Å². The monoisotopic (exact) mass is 368 g/mol. The molecule has 142 valence electrons. The van der Waals surface area contributed by atoms with Crippen molar-refractivity contribution in [2.24, 2.45) is 0 Å². The lowest BCUT2D eigenvalue weighted by Crippen LogP contribution is -2.41. The van der Waals surface area contributed by atoms with E-state index in [2.05, 4.69) is 16.3 Å². The fourth-order valence-electron chi connectivity index (χ4n) is 3.90. The van der Waals surface area contributed by atoms with Crippen molar-refractivity contribution in [3.05, 3.63) is 58.9 Å². The van der Waals surface area contributed by atoms with Crippen LogP contribution in [-0.2, 0) is 12.8 Å². The van der Waals surface area contributed by atoms with Crippen LogP contribution in [0.15, 0.2) is 36.4 Å². The van der Waals surface area contributed by atoms with Crippen LogP contribution in [0.5, 0.6) is 11.5 Å². The Bertz CT molecular complexity index is 848. The number of rotatable bonds is 4. The average molecular weight is 368 g/mol. The lowest BCUT2D eigenvalue weighted by atomic mass is 9.91. The van der Waals surface area contributed by atoms with Crippen molar-refractivity contribution in [1.29, 1.82) is 0 Å². The molecular weight excluding hydrogens is 343 g/mol. The number of fused-ring (bicyclic) bond motifs is 1. The second-order valence-corrected chi connectivity index (χ2v) is 7.38. The standard InChI is InChI=1S/C22H25FN2O2/c1-24-22(26)17-6-8-21(20(23)14-17)27-19-7-5-15-9-11-25(18-3-2-4-18)12-10-16(15)13-19/h5-8,13-14,18H,2-4,9-12H2,1H3,(H,24,26). The first-order valence-corrected chi connectivity index (χ1v) is 9.69. The van der Waals surface area contributed by atoms with Crippen LogP contribution in [0.4, 0.5) is 4.39 Å². The van der Waals surface area contributed by atoms with Crippen LogP contribution >= 0.6 is 0 Å². The minimum absolute atomic E-state index is 0.132. The Hall–Kier alpha value is -2.40. The van der Waals surface area contributed by atoms with Crippen LogP contribution in [0.2, 0.25) is 0 Å². The largest absolute Gasteiger partial charge is 0.454 e. The van der Waals surface area contributed by atoms with Gasteiger partial charge in [0.05, 0.1) is 0 Å². The lowest BCUT2D eigenvalue weighted by molar-refractivity contribution is 0.0962. The van der Waals surface area contributed by atoms with Crippen molar-refractivity contribution in [1.82, 2.24) is 10.2 Å². The van der Waals surface area contributed by atoms with Gasteiger partial charge in [-0.25, -0.2) is 4.39 Å². The Labute approximate surface area is 159 Å². The molecule has 4 rings (SSSR count). The maximum Gasteiger partial charge on any atom is 0.251 e. The lowest BCUT2D eigenvalue weighted by Gasteiger charge is -2.36. The molecule has 0 unspecified atom stereocenters. The van der Waals surface area contributed by atoms with E-state index < -0.39 is 5.82 Å². The van der Waals surface area contributed by atoms with E-state index in [1.807, 2.05) is 12.1 Å². The molecule has 1 heterocycles. The van der Waals surface area contributed by atoms with Gasteiger partial charge in [-0.1, -0.05) is 12.5 Å². The van der Waals surface area contributed by atoms with E-state index in [9.17, 15) is 9.18 Å². The number of amides is 1. The molecule has 27 heavy (non-hydrogen) atoms. The topological polar surface area (TPSA) is 41.6 Å². The smallest absolute Gasteiger partial charge is 0.251 e. The first kappa shape index (κ1) is 18.0. The third-order valence-corrected chi connectivity index (χ3v) is 5.75. The summed E-state index contributed by atoms with van der Waals surface area (Å²) in [5.74, 6) is -0.0894. The fraction of sp³-hybridized carbons (Fsp3) is 0.409. The van der Waals surface area contributed by atoms with Gasteiger partial charge in [0.2, 0.25) is 0 Å². The van der Waals surface area contributed by atoms with Crippen molar-refractivity contribution in [2.75, 3.05) is 20.1 Å². The summed E-state index contributed by atoms with van der Waals surface area (Å²) in [4.78, 5) is 14.2. The molecule has 1 N–H and O–H groups in total. The van der Waals surface area contributed by atoms with Crippen LogP contribution in [0.25, 0.3) is 0 Å². The predicted molar refractivity (Wildman–Crippen MR) is 103 cm³/mol. The van der Waals surface area contributed by atoms with Gasteiger partial charge >= 0.3 is 0 Å². The first-order valence-electron chi connectivity index (χ1n) is 9.69. The van der Waals surface area contributed by atoms with Crippen molar-refractivity contribution < 1.29 is 13.9 Å². The normalized spacial score (nSPS) is 17.6. The molecule has 4 nitrogen and oxygen atoms in total. The zero-order chi connectivity index (χ0) is 18.8. The Morgan fingerprint density at radius 2 is 1.89 bits per heavy atom. The first-order chi connectivity index (χ1) is 13.1. The minimum atomic E-state index is -0.540. The molecule has 0 spiro atoms. The highest BCUT2D eigenvalue weighted by atomic mass is 19.1. The number of carbonyl (C=O) groups excluding carboxylic acids is 1. The van der Waals surface area contributed by atoms with Crippen LogP contribution < -0.4 is 10.1 Å². The highest BCUT2D eigenvalue weighted by molar-refractivity contribution is 5.94. The second kappa shape index (κ2) is 7.69. The van der Waals surface area contributed by atoms with Gasteiger partial charge in [-0.15, -0.1) is 0 Å². The van der Waals surface area contributed by atoms with Gasteiger partial charge in [-0.3, -0.25) is 9.69 Å². The van der Waals surface area contributed by atoms with Crippen LogP contribution in [0.3, 0.4) is 0 Å². The molecule has 1 amide bonds. The molecule has 2 aromatic carbocycles. The summed E-state index contributed by atoms with van der Waals surface area (Å²) in [5.41, 5.74) is 2.93. The number of ether oxygens (including phenoxy) is 1. The fourth-order valence-corrected chi connectivity index (χ4v) is 3.90. The SMILES string of the molecule is CNC(=O)c1ccc(Oc2ccc3c(c2)CCN(C2CCC2)CC3)c(F)c1. The maximum atomic E-state index is 14.3. The summed E-state index contributed by atoms with van der Waals surface area (Å²) in [6.07, 6.45) is 6.07. The van der Waals surface area contributed by atoms with E-state index in [0.717, 1.165) is 32.0 Å². The number of carbonyl (C=O) groups is 1. The van der Waals surface area contributed by atoms with Crippen molar-refractivity contribution in [2.45, 2.75) is 38.1 Å². The number of hydrogen-bond acceptors (Lipinski definition) is 3. The highest BCUT2D eigenvalue weighted by Gasteiger charge is 2.26. The molecule has 1 fully saturated rings. The van der Waals surface area contributed by atoms with Crippen LogP contribution in [-0.4, -0.2) is 37.0 Å². The Kier molecular flexibility index (Phi) is 5.12. The molecule has 1 aliphatic carbocycles. The molecule has 1 aliphatic heterocycles. The van der Waals surface area contributed by atoms with E-state index in [4.69, 9.17) is 4.74 Å². The Morgan fingerprint density at radius 3 is 2.56 bits per heavy atom. The van der Waals surface area contributed by atoms with E-state index in [0.29, 0.717) is 5.75 Å². The molecule has 0 atom stereocenters. The number of halogens is 1. The van der Waals surface area contributed by atoms with Crippen molar-refractivity contribution in [3.8, 4) is 11.5 Å². The summed E-state index contributed by atoms with van der Waals surface area (Å²) in [6, 6.07) is 11.1. The minimum Gasteiger partial charge on any atom is -0.454 e. The molecule has 0 bridgehead atoms. The summed E-state index contributed by atoms with van der Waals surface area (Å²) in [5, 5.41) is 2.49. The molecule has 0 saturated heterocycles. The number of hydrogen-bond donors (Lipinski definition) is 1. The Morgan fingerprint density at radius 1 is 1.11 bits per heavy atom. The second-order valence-electron chi connectivity index (χ2n) is 7.38. The number of nitrogens with zero attached hydrogens (tertiary/aromatic N) is 1. The van der Waals surface area contributed by atoms with Gasteiger partial charge < -0.3 is 10.1 Å². The van der Waals surface area contributed by atoms with E-state index in [-0.39, 0.29) is 17.2 Å². The predicted octanol–water partition coefficient (Wildman–Crippen LogP) is 3.93. The number of benzene rings is 2. The zero-order valence-electron chi connectivity index (χ0n) is 15.6. The summed E-state index contributed by atoms with van der Waals surface area (Å²) in [7, 11) is 1.52. The molecule has 2 aromatic rings. The van der Waals surface area contributed by atoms with Gasteiger partial charge in [0.15, 0.2) is 11.6 Å². The van der Waals surface area contributed by atoms with Gasteiger partial charge in [0, 0.05) is 31.7 Å². The van der Waals surface area contributed by atoms with E-state index >= 15 is 0 Å². The molecule has 2 aliphatic rings. The average Bonchev–Trinajstić information content (AvgIpc) is 2.84. The summed E-state index contributed by atoms with van der Waals surface area (Å²) in [6.45, 7) is 2.20. The van der Waals surface area contributed by atoms with Gasteiger partial charge in [-0.05, 0) is 67.1 Å². The molecule has 0 aromatic heterocycles. The highest BCUT2D eigenvalue weighted by Crippen LogP contribution is 2.30. The molecule has 0 radical (unpaired) electrons. The molecule has 1 saturated carbocycles. The van der Waals surface area contributed by atoms with E-state index in [1.165, 1.54) is 49.6 Å². The third-order valence-electron chi connectivity index (χ3n) is 5.75. The maximum absolute atomic E-state index is 14.3. The zero-order valence-corrected chi connectivity index (χ0v) is 15.6. The summed E-state index contributed by atoms with van der Waals surface area (Å²) >= 11 is 0. The van der Waals surface area contributed by atoms with Crippen molar-refractivity contribution >= 4 is 5.91 Å². The van der Waals surface area contributed by atoms with Gasteiger partial charge in [0.1, 0.15) is 5.75 Å². The van der Waals surface area contributed by atoms with Crippen LogP contribution in [0.1, 0.15) is 40.7 Å². The van der Waals surface area contributed by atoms with Gasteiger partial charge in [0.25, 0.3) is 5.91 Å². The Balaban J connectivity index is 1.48. The quantitative estimate of drug-likeness (QED) is 0.889. The number of nitrogens with one attached hydrogen (secondary N) is 1.